The normalized spacial score (nSPS) is 13.8. The van der Waals surface area contributed by atoms with Gasteiger partial charge in [0.1, 0.15) is 24.7 Å². The maximum absolute atomic E-state index is 5.61. The molecule has 0 fully saturated rings. The number of fused-ring (bicyclic) bond motifs is 1. The highest BCUT2D eigenvalue weighted by Gasteiger charge is 2.13. The molecule has 0 atom stereocenters. The van der Waals surface area contributed by atoms with Gasteiger partial charge in [-0.05, 0) is 18.2 Å². The van der Waals surface area contributed by atoms with Gasteiger partial charge in [-0.2, -0.15) is 5.10 Å². The Kier molecular flexibility index (Phi) is 3.32. The molecule has 0 unspecified atom stereocenters. The van der Waals surface area contributed by atoms with Crippen LogP contribution in [0.15, 0.2) is 30.6 Å². The molecule has 0 radical (unpaired) electrons. The fourth-order valence-electron chi connectivity index (χ4n) is 1.99. The van der Waals surface area contributed by atoms with Gasteiger partial charge in [-0.15, -0.1) is 0 Å². The molecule has 1 aromatic heterocycles. The fraction of sp³-hybridized carbons (Fsp3) is 0.267. The van der Waals surface area contributed by atoms with Crippen LogP contribution in [-0.2, 0) is 11.9 Å². The molecule has 2 aromatic rings. The molecule has 1 aromatic carbocycles. The molecule has 0 bridgehead atoms. The standard InChI is InChI=1S/C15H15N3O2/c1-17-11-13(10-16-17)4-3-12-5-6-15-14(9-12)18(2)20-8-7-19-15/h5-6,9-11H,7-8H2,1-2H3. The number of aryl methyl sites for hydroxylation is 1. The van der Waals surface area contributed by atoms with E-state index in [1.54, 1.807) is 15.9 Å². The van der Waals surface area contributed by atoms with E-state index in [2.05, 4.69) is 16.9 Å². The van der Waals surface area contributed by atoms with Crippen molar-refractivity contribution in [2.24, 2.45) is 7.05 Å². The summed E-state index contributed by atoms with van der Waals surface area (Å²) in [6, 6.07) is 5.83. The first-order valence-corrected chi connectivity index (χ1v) is 6.36. The number of nitrogens with zero attached hydrogens (tertiary/aromatic N) is 3. The van der Waals surface area contributed by atoms with E-state index >= 15 is 0 Å². The lowest BCUT2D eigenvalue weighted by atomic mass is 10.1. The van der Waals surface area contributed by atoms with Crippen LogP contribution in [0, 0.1) is 11.8 Å². The van der Waals surface area contributed by atoms with Crippen LogP contribution in [-0.4, -0.2) is 30.0 Å². The Bertz CT molecular complexity index is 682. The number of hydroxylamine groups is 1. The second-order valence-electron chi connectivity index (χ2n) is 4.51. The minimum atomic E-state index is 0.544. The van der Waals surface area contributed by atoms with Crippen LogP contribution in [0.4, 0.5) is 5.69 Å². The van der Waals surface area contributed by atoms with Gasteiger partial charge < -0.3 is 4.74 Å². The molecule has 5 nitrogen and oxygen atoms in total. The maximum Gasteiger partial charge on any atom is 0.145 e. The van der Waals surface area contributed by atoms with Gasteiger partial charge in [-0.3, -0.25) is 14.6 Å². The van der Waals surface area contributed by atoms with Crippen LogP contribution in [0.2, 0.25) is 0 Å². The molecule has 0 N–H and O–H groups in total. The van der Waals surface area contributed by atoms with Crippen molar-refractivity contribution in [1.82, 2.24) is 9.78 Å². The van der Waals surface area contributed by atoms with Gasteiger partial charge in [0.25, 0.3) is 0 Å². The third-order valence-electron chi connectivity index (χ3n) is 2.98. The van der Waals surface area contributed by atoms with Crippen LogP contribution >= 0.6 is 0 Å². The molecule has 0 aliphatic carbocycles. The predicted molar refractivity (Wildman–Crippen MR) is 75.5 cm³/mol. The maximum atomic E-state index is 5.61. The summed E-state index contributed by atoms with van der Waals surface area (Å²) in [7, 11) is 3.74. The Balaban J connectivity index is 1.90. The first kappa shape index (κ1) is 12.6. The molecule has 3 rings (SSSR count). The van der Waals surface area contributed by atoms with Gasteiger partial charge in [0.15, 0.2) is 0 Å². The number of aromatic nitrogens is 2. The first-order valence-electron chi connectivity index (χ1n) is 6.36. The number of benzene rings is 1. The third kappa shape index (κ3) is 2.60. The number of anilines is 1. The highest BCUT2D eigenvalue weighted by Crippen LogP contribution is 2.30. The lowest BCUT2D eigenvalue weighted by Crippen LogP contribution is -2.17. The van der Waals surface area contributed by atoms with E-state index in [0.29, 0.717) is 13.2 Å². The molecule has 5 heteroatoms. The molecule has 0 saturated heterocycles. The summed E-state index contributed by atoms with van der Waals surface area (Å²) in [4.78, 5) is 5.50. The minimum absolute atomic E-state index is 0.544. The molecule has 20 heavy (non-hydrogen) atoms. The van der Waals surface area contributed by atoms with Gasteiger partial charge in [-0.25, -0.2) is 0 Å². The molecule has 2 heterocycles. The summed E-state index contributed by atoms with van der Waals surface area (Å²) in [5.74, 6) is 7.03. The number of rotatable bonds is 0. The van der Waals surface area contributed by atoms with Crippen molar-refractivity contribution in [1.29, 1.82) is 0 Å². The SMILES string of the molecule is CN1OCCOc2ccc(C#Cc3cnn(C)c3)cc21. The van der Waals surface area contributed by atoms with Crippen LogP contribution in [0.5, 0.6) is 5.75 Å². The smallest absolute Gasteiger partial charge is 0.145 e. The fourth-order valence-corrected chi connectivity index (χ4v) is 1.99. The van der Waals surface area contributed by atoms with Crippen molar-refractivity contribution in [3.63, 3.8) is 0 Å². The van der Waals surface area contributed by atoms with E-state index in [-0.39, 0.29) is 0 Å². The topological polar surface area (TPSA) is 39.5 Å². The van der Waals surface area contributed by atoms with Crippen molar-refractivity contribution in [2.75, 3.05) is 25.3 Å². The lowest BCUT2D eigenvalue weighted by Gasteiger charge is -2.16. The first-order chi connectivity index (χ1) is 9.72. The molecular formula is C15H15N3O2. The van der Waals surface area contributed by atoms with Crippen molar-refractivity contribution >= 4 is 5.69 Å². The van der Waals surface area contributed by atoms with E-state index in [0.717, 1.165) is 22.6 Å². The van der Waals surface area contributed by atoms with Gasteiger partial charge in [0.05, 0.1) is 11.8 Å². The van der Waals surface area contributed by atoms with E-state index < -0.39 is 0 Å². The van der Waals surface area contributed by atoms with Crippen LogP contribution < -0.4 is 9.80 Å². The number of hydrogen-bond acceptors (Lipinski definition) is 4. The predicted octanol–water partition coefficient (Wildman–Crippen LogP) is 1.58. The van der Waals surface area contributed by atoms with E-state index in [1.807, 2.05) is 38.5 Å². The summed E-state index contributed by atoms with van der Waals surface area (Å²) < 4.78 is 7.34. The summed E-state index contributed by atoms with van der Waals surface area (Å²) in [6.45, 7) is 1.10. The zero-order valence-corrected chi connectivity index (χ0v) is 11.5. The van der Waals surface area contributed by atoms with Crippen molar-refractivity contribution in [3.8, 4) is 17.6 Å². The number of ether oxygens (including phenoxy) is 1. The van der Waals surface area contributed by atoms with Crippen molar-refractivity contribution < 1.29 is 9.57 Å². The monoisotopic (exact) mass is 269 g/mol. The van der Waals surface area contributed by atoms with Gasteiger partial charge in [0.2, 0.25) is 0 Å². The Morgan fingerprint density at radius 3 is 2.80 bits per heavy atom. The van der Waals surface area contributed by atoms with Crippen LogP contribution in [0.25, 0.3) is 0 Å². The second kappa shape index (κ2) is 5.27. The summed E-state index contributed by atoms with van der Waals surface area (Å²) in [5, 5.41) is 5.81. The Morgan fingerprint density at radius 2 is 2.00 bits per heavy atom. The van der Waals surface area contributed by atoms with E-state index in [1.165, 1.54) is 0 Å². The highest BCUT2D eigenvalue weighted by atomic mass is 16.7. The van der Waals surface area contributed by atoms with E-state index in [4.69, 9.17) is 9.57 Å². The molecule has 0 spiro atoms. The average Bonchev–Trinajstić information content (AvgIpc) is 2.78. The molecule has 1 aliphatic rings. The van der Waals surface area contributed by atoms with Gasteiger partial charge in [0, 0.05) is 25.9 Å². The Labute approximate surface area is 117 Å². The Hall–Kier alpha value is -2.45. The molecule has 102 valence electrons. The molecule has 0 amide bonds. The molecule has 0 saturated carbocycles. The minimum Gasteiger partial charge on any atom is -0.489 e. The van der Waals surface area contributed by atoms with Crippen molar-refractivity contribution in [2.45, 2.75) is 0 Å². The second-order valence-corrected chi connectivity index (χ2v) is 4.51. The summed E-state index contributed by atoms with van der Waals surface area (Å²) in [6.07, 6.45) is 3.63. The van der Waals surface area contributed by atoms with E-state index in [9.17, 15) is 0 Å². The van der Waals surface area contributed by atoms with Crippen LogP contribution in [0.3, 0.4) is 0 Å². The summed E-state index contributed by atoms with van der Waals surface area (Å²) >= 11 is 0. The third-order valence-corrected chi connectivity index (χ3v) is 2.98. The largest absolute Gasteiger partial charge is 0.489 e. The lowest BCUT2D eigenvalue weighted by molar-refractivity contribution is 0.105. The van der Waals surface area contributed by atoms with Gasteiger partial charge >= 0.3 is 0 Å². The highest BCUT2D eigenvalue weighted by molar-refractivity contribution is 5.61. The molecular weight excluding hydrogens is 254 g/mol. The Morgan fingerprint density at radius 1 is 1.15 bits per heavy atom. The average molecular weight is 269 g/mol. The molecule has 1 aliphatic heterocycles. The zero-order chi connectivity index (χ0) is 13.9. The van der Waals surface area contributed by atoms with Crippen molar-refractivity contribution in [3.05, 3.63) is 41.7 Å². The summed E-state index contributed by atoms with van der Waals surface area (Å²) in [5.41, 5.74) is 2.69. The quantitative estimate of drug-likeness (QED) is 0.681. The van der Waals surface area contributed by atoms with Crippen LogP contribution in [0.1, 0.15) is 11.1 Å². The van der Waals surface area contributed by atoms with Gasteiger partial charge in [-0.1, -0.05) is 11.8 Å². The zero-order valence-electron chi connectivity index (χ0n) is 11.5. The number of hydrogen-bond donors (Lipinski definition) is 0.